The van der Waals surface area contributed by atoms with E-state index >= 15 is 0 Å². The fraction of sp³-hybridized carbons (Fsp3) is 0.591. The number of hydrogen-bond acceptors (Lipinski definition) is 6. The van der Waals surface area contributed by atoms with E-state index in [1.54, 1.807) is 6.07 Å². The second-order valence-electron chi connectivity index (χ2n) is 8.78. The molecule has 3 aromatic rings. The summed E-state index contributed by atoms with van der Waals surface area (Å²) in [6.07, 6.45) is 5.83. The third-order valence-corrected chi connectivity index (χ3v) is 6.25. The molecule has 1 aromatic carbocycles. The molecule has 0 radical (unpaired) electrons. The second kappa shape index (κ2) is 8.07. The Kier molecular flexibility index (Phi) is 5.28. The molecule has 0 spiro atoms. The molecule has 2 aliphatic rings. The molecule has 1 aliphatic carbocycles. The number of nitrogens with zero attached hydrogens (tertiary/aromatic N) is 4. The minimum absolute atomic E-state index is 0.161. The van der Waals surface area contributed by atoms with Gasteiger partial charge in [-0.05, 0) is 49.2 Å². The number of ether oxygens (including phenoxy) is 1. The van der Waals surface area contributed by atoms with Crippen molar-refractivity contribution < 1.29 is 13.7 Å². The van der Waals surface area contributed by atoms with E-state index in [0.29, 0.717) is 29.5 Å². The average Bonchev–Trinajstić information content (AvgIpc) is 3.33. The summed E-state index contributed by atoms with van der Waals surface area (Å²) in [6.45, 7) is 5.87. The van der Waals surface area contributed by atoms with Gasteiger partial charge in [-0.2, -0.15) is 14.8 Å². The first-order chi connectivity index (χ1) is 14.6. The number of para-hydroxylation sites is 1. The summed E-state index contributed by atoms with van der Waals surface area (Å²) in [6, 6.07) is 5.48. The normalized spacial score (nSPS) is 24.5. The van der Waals surface area contributed by atoms with Crippen LogP contribution in [-0.2, 0) is 4.74 Å². The average molecular weight is 413 g/mol. The maximum atomic E-state index is 14.6. The Hall–Kier alpha value is -2.32. The van der Waals surface area contributed by atoms with Gasteiger partial charge in [-0.3, -0.25) is 0 Å². The van der Waals surface area contributed by atoms with Gasteiger partial charge in [-0.25, -0.2) is 4.39 Å². The fourth-order valence-electron chi connectivity index (χ4n) is 4.45. The number of nitrogens with one attached hydrogen (secondary N) is 1. The van der Waals surface area contributed by atoms with Crippen LogP contribution in [0.1, 0.15) is 69.4 Å². The Bertz CT molecular complexity index is 1020. The van der Waals surface area contributed by atoms with Gasteiger partial charge in [0.1, 0.15) is 11.3 Å². The molecule has 2 fully saturated rings. The van der Waals surface area contributed by atoms with Gasteiger partial charge in [-0.15, -0.1) is 0 Å². The third kappa shape index (κ3) is 3.63. The van der Waals surface area contributed by atoms with Gasteiger partial charge in [-0.1, -0.05) is 26.0 Å². The molecular formula is C22H28FN5O2. The summed E-state index contributed by atoms with van der Waals surface area (Å²) in [5.41, 5.74) is 1.22. The number of fused-ring (bicyclic) bond motifs is 1. The van der Waals surface area contributed by atoms with Crippen molar-refractivity contribution in [1.82, 2.24) is 25.2 Å². The lowest BCUT2D eigenvalue weighted by atomic mass is 9.80. The molecule has 1 saturated carbocycles. The first-order valence-electron chi connectivity index (χ1n) is 11.0. The molecule has 7 nitrogen and oxygen atoms in total. The summed E-state index contributed by atoms with van der Waals surface area (Å²) < 4.78 is 27.4. The van der Waals surface area contributed by atoms with Gasteiger partial charge in [0.25, 0.3) is 5.95 Å². The zero-order valence-corrected chi connectivity index (χ0v) is 17.5. The molecule has 1 atom stereocenters. The van der Waals surface area contributed by atoms with Crippen molar-refractivity contribution in [3.63, 3.8) is 0 Å². The molecule has 5 rings (SSSR count). The van der Waals surface area contributed by atoms with Crippen LogP contribution in [0.4, 0.5) is 4.39 Å². The maximum Gasteiger partial charge on any atom is 0.291 e. The van der Waals surface area contributed by atoms with Crippen LogP contribution in [0, 0.1) is 5.82 Å². The van der Waals surface area contributed by atoms with E-state index in [1.165, 1.54) is 23.6 Å². The highest BCUT2D eigenvalue weighted by Crippen LogP contribution is 2.37. The minimum atomic E-state index is -0.337. The summed E-state index contributed by atoms with van der Waals surface area (Å²) >= 11 is 0. The molecule has 1 aliphatic heterocycles. The van der Waals surface area contributed by atoms with Gasteiger partial charge in [0, 0.05) is 30.5 Å². The quantitative estimate of drug-likeness (QED) is 0.656. The summed E-state index contributed by atoms with van der Waals surface area (Å²) in [5, 5.41) is 13.1. The minimum Gasteiger partial charge on any atom is -0.377 e. The molecule has 3 heterocycles. The van der Waals surface area contributed by atoms with E-state index in [-0.39, 0.29) is 17.7 Å². The van der Waals surface area contributed by atoms with Crippen molar-refractivity contribution >= 4 is 10.9 Å². The highest BCUT2D eigenvalue weighted by atomic mass is 19.1. The van der Waals surface area contributed by atoms with Crippen molar-refractivity contribution in [2.75, 3.05) is 13.2 Å². The predicted molar refractivity (Wildman–Crippen MR) is 110 cm³/mol. The van der Waals surface area contributed by atoms with Gasteiger partial charge in [0.05, 0.1) is 11.8 Å². The first-order valence-corrected chi connectivity index (χ1v) is 11.0. The molecule has 8 heteroatoms. The van der Waals surface area contributed by atoms with Gasteiger partial charge in [0.15, 0.2) is 0 Å². The molecule has 160 valence electrons. The van der Waals surface area contributed by atoms with E-state index in [2.05, 4.69) is 20.6 Å². The molecule has 30 heavy (non-hydrogen) atoms. The predicted octanol–water partition coefficient (Wildman–Crippen LogP) is 4.08. The van der Waals surface area contributed by atoms with Gasteiger partial charge < -0.3 is 14.6 Å². The van der Waals surface area contributed by atoms with E-state index < -0.39 is 0 Å². The van der Waals surface area contributed by atoms with Crippen LogP contribution in [0.2, 0.25) is 0 Å². The molecule has 1 saturated heterocycles. The van der Waals surface area contributed by atoms with Crippen molar-refractivity contribution in [3.8, 4) is 5.95 Å². The van der Waals surface area contributed by atoms with Crippen LogP contribution >= 0.6 is 0 Å². The van der Waals surface area contributed by atoms with Gasteiger partial charge >= 0.3 is 0 Å². The lowest BCUT2D eigenvalue weighted by Gasteiger charge is -2.35. The maximum absolute atomic E-state index is 14.6. The van der Waals surface area contributed by atoms with Crippen LogP contribution in [0.5, 0.6) is 0 Å². The molecule has 0 bridgehead atoms. The second-order valence-corrected chi connectivity index (χ2v) is 8.78. The van der Waals surface area contributed by atoms with E-state index in [9.17, 15) is 4.39 Å². The van der Waals surface area contributed by atoms with E-state index in [1.807, 2.05) is 19.9 Å². The van der Waals surface area contributed by atoms with Crippen molar-refractivity contribution in [2.24, 2.45) is 0 Å². The molecule has 2 aromatic heterocycles. The summed E-state index contributed by atoms with van der Waals surface area (Å²) in [5.74, 6) is 0.943. The third-order valence-electron chi connectivity index (χ3n) is 6.25. The first kappa shape index (κ1) is 19.6. The lowest BCUT2D eigenvalue weighted by Crippen LogP contribution is -2.44. The standard InChI is InChI=1S/C22H28FN5O2/c1-13(2)19-17-7-5-8-18(23)20(17)28(26-19)22-25-21(30-27-22)14-10-15(11-14)24-12-16-6-3-4-9-29-16/h5,7-8,13-16,24H,3-4,6,9-12H2,1-2H3. The lowest BCUT2D eigenvalue weighted by molar-refractivity contribution is 0.0129. The van der Waals surface area contributed by atoms with Crippen LogP contribution in [0.25, 0.3) is 16.9 Å². The number of benzene rings is 1. The van der Waals surface area contributed by atoms with E-state index in [0.717, 1.165) is 43.5 Å². The topological polar surface area (TPSA) is 78.0 Å². The monoisotopic (exact) mass is 413 g/mol. The summed E-state index contributed by atoms with van der Waals surface area (Å²) in [4.78, 5) is 4.55. The number of hydrogen-bond donors (Lipinski definition) is 1. The van der Waals surface area contributed by atoms with Crippen molar-refractivity contribution in [2.45, 2.75) is 69.9 Å². The molecular weight excluding hydrogens is 385 g/mol. The fourth-order valence-corrected chi connectivity index (χ4v) is 4.45. The van der Waals surface area contributed by atoms with Gasteiger partial charge in [0.2, 0.25) is 5.89 Å². The summed E-state index contributed by atoms with van der Waals surface area (Å²) in [7, 11) is 0. The Labute approximate surface area is 175 Å². The highest BCUT2D eigenvalue weighted by Gasteiger charge is 2.35. The number of aromatic nitrogens is 4. The Morgan fingerprint density at radius 1 is 1.27 bits per heavy atom. The SMILES string of the molecule is CC(C)c1nn(-c2noc(C3CC(NCC4CCCCO4)C3)n2)c2c(F)cccc12. The van der Waals surface area contributed by atoms with Crippen molar-refractivity contribution in [3.05, 3.63) is 35.6 Å². The Balaban J connectivity index is 1.28. The zero-order valence-electron chi connectivity index (χ0n) is 17.5. The number of halogens is 1. The smallest absolute Gasteiger partial charge is 0.291 e. The number of rotatable bonds is 6. The molecule has 0 amide bonds. The van der Waals surface area contributed by atoms with Crippen LogP contribution < -0.4 is 5.32 Å². The van der Waals surface area contributed by atoms with E-state index in [4.69, 9.17) is 9.26 Å². The van der Waals surface area contributed by atoms with Crippen molar-refractivity contribution in [1.29, 1.82) is 0 Å². The zero-order chi connectivity index (χ0) is 20.7. The molecule has 1 N–H and O–H groups in total. The van der Waals surface area contributed by atoms with Crippen LogP contribution in [0.15, 0.2) is 22.7 Å². The highest BCUT2D eigenvalue weighted by molar-refractivity contribution is 5.84. The molecule has 1 unspecified atom stereocenters. The van der Waals surface area contributed by atoms with Crippen LogP contribution in [-0.4, -0.2) is 45.2 Å². The Morgan fingerprint density at radius 2 is 2.13 bits per heavy atom. The van der Waals surface area contributed by atoms with Crippen LogP contribution in [0.3, 0.4) is 0 Å². The largest absolute Gasteiger partial charge is 0.377 e. The Morgan fingerprint density at radius 3 is 2.90 bits per heavy atom.